The van der Waals surface area contributed by atoms with Crippen LogP contribution in [0.4, 0.5) is 5.13 Å². The van der Waals surface area contributed by atoms with Gasteiger partial charge in [-0.1, -0.05) is 29.8 Å². The summed E-state index contributed by atoms with van der Waals surface area (Å²) in [5, 5.41) is 8.02. The molecule has 1 aliphatic rings. The maximum absolute atomic E-state index is 12.8. The lowest BCUT2D eigenvalue weighted by Crippen LogP contribution is -2.22. The molecule has 1 aromatic carbocycles. The van der Waals surface area contributed by atoms with Crippen molar-refractivity contribution in [3.8, 4) is 11.3 Å². The van der Waals surface area contributed by atoms with Crippen LogP contribution in [0.2, 0.25) is 0 Å². The predicted octanol–water partition coefficient (Wildman–Crippen LogP) is 4.54. The Hall–Kier alpha value is -2.51. The summed E-state index contributed by atoms with van der Waals surface area (Å²) < 4.78 is 7.38. The molecule has 28 heavy (non-hydrogen) atoms. The van der Waals surface area contributed by atoms with Crippen molar-refractivity contribution >= 4 is 22.4 Å². The standard InChI is InChI=1S/C21H24N4O2S/c1-13-4-6-16(7-5-13)19-15(3)28-21(23-19)24-20(26)18-12-22-25(14(18)2)17-8-10-27-11-9-17/h4-7,12,17H,8-11H2,1-3H3,(H,23,24,26). The summed E-state index contributed by atoms with van der Waals surface area (Å²) in [5.41, 5.74) is 4.66. The maximum Gasteiger partial charge on any atom is 0.260 e. The van der Waals surface area contributed by atoms with Gasteiger partial charge < -0.3 is 4.74 Å². The zero-order valence-electron chi connectivity index (χ0n) is 16.4. The lowest BCUT2D eigenvalue weighted by atomic mass is 10.1. The monoisotopic (exact) mass is 396 g/mol. The number of nitrogens with zero attached hydrogens (tertiary/aromatic N) is 3. The quantitative estimate of drug-likeness (QED) is 0.703. The van der Waals surface area contributed by atoms with Gasteiger partial charge in [-0.3, -0.25) is 14.8 Å². The van der Waals surface area contributed by atoms with Crippen LogP contribution in [-0.2, 0) is 4.74 Å². The molecule has 6 nitrogen and oxygen atoms in total. The van der Waals surface area contributed by atoms with E-state index in [-0.39, 0.29) is 5.91 Å². The van der Waals surface area contributed by atoms with E-state index in [0.717, 1.165) is 47.9 Å². The second-order valence-corrected chi connectivity index (χ2v) is 8.38. The third-order valence-electron chi connectivity index (χ3n) is 5.17. The summed E-state index contributed by atoms with van der Waals surface area (Å²) in [6, 6.07) is 8.56. The van der Waals surface area contributed by atoms with Gasteiger partial charge >= 0.3 is 0 Å². The molecule has 0 bridgehead atoms. The van der Waals surface area contributed by atoms with Gasteiger partial charge in [-0.15, -0.1) is 11.3 Å². The highest BCUT2D eigenvalue weighted by Gasteiger charge is 2.22. The molecule has 1 saturated heterocycles. The highest BCUT2D eigenvalue weighted by molar-refractivity contribution is 7.16. The van der Waals surface area contributed by atoms with Crippen molar-refractivity contribution in [2.45, 2.75) is 39.7 Å². The van der Waals surface area contributed by atoms with E-state index >= 15 is 0 Å². The van der Waals surface area contributed by atoms with E-state index in [0.29, 0.717) is 16.7 Å². The number of aryl methyl sites for hydroxylation is 2. The first kappa shape index (κ1) is 18.8. The summed E-state index contributed by atoms with van der Waals surface area (Å²) in [7, 11) is 0. The van der Waals surface area contributed by atoms with Gasteiger partial charge in [0.25, 0.3) is 5.91 Å². The summed E-state index contributed by atoms with van der Waals surface area (Å²) in [4.78, 5) is 18.5. The van der Waals surface area contributed by atoms with Crippen LogP contribution >= 0.6 is 11.3 Å². The summed E-state index contributed by atoms with van der Waals surface area (Å²) in [5.74, 6) is -0.167. The Balaban J connectivity index is 1.52. The Morgan fingerprint density at radius 2 is 1.89 bits per heavy atom. The number of carbonyl (C=O) groups excluding carboxylic acids is 1. The molecule has 0 unspecified atom stereocenters. The van der Waals surface area contributed by atoms with E-state index in [1.807, 2.05) is 18.5 Å². The molecule has 0 aliphatic carbocycles. The van der Waals surface area contributed by atoms with Crippen molar-refractivity contribution in [3.05, 3.63) is 52.2 Å². The summed E-state index contributed by atoms with van der Waals surface area (Å²) >= 11 is 1.49. The van der Waals surface area contributed by atoms with Crippen LogP contribution in [-0.4, -0.2) is 33.9 Å². The SMILES string of the molecule is Cc1ccc(-c2nc(NC(=O)c3cnn(C4CCOCC4)c3C)sc2C)cc1. The molecule has 3 aromatic rings. The average Bonchev–Trinajstić information content (AvgIpc) is 3.25. The fourth-order valence-electron chi connectivity index (χ4n) is 3.54. The van der Waals surface area contributed by atoms with E-state index in [2.05, 4.69) is 46.6 Å². The van der Waals surface area contributed by atoms with Gasteiger partial charge in [-0.25, -0.2) is 4.98 Å². The molecule has 1 fully saturated rings. The number of anilines is 1. The molecule has 1 N–H and O–H groups in total. The van der Waals surface area contributed by atoms with Gasteiger partial charge in [0, 0.05) is 29.3 Å². The number of benzene rings is 1. The average molecular weight is 397 g/mol. The zero-order valence-corrected chi connectivity index (χ0v) is 17.2. The molecule has 1 aliphatic heterocycles. The van der Waals surface area contributed by atoms with Gasteiger partial charge in [0.1, 0.15) is 0 Å². The van der Waals surface area contributed by atoms with Crippen LogP contribution in [0.15, 0.2) is 30.5 Å². The van der Waals surface area contributed by atoms with Crippen molar-refractivity contribution < 1.29 is 9.53 Å². The molecular formula is C21H24N4O2S. The van der Waals surface area contributed by atoms with Crippen LogP contribution in [0, 0.1) is 20.8 Å². The third-order valence-corrected chi connectivity index (χ3v) is 6.05. The molecule has 1 amide bonds. The number of amides is 1. The number of hydrogen-bond donors (Lipinski definition) is 1. The Morgan fingerprint density at radius 3 is 2.61 bits per heavy atom. The lowest BCUT2D eigenvalue weighted by Gasteiger charge is -2.23. The minimum Gasteiger partial charge on any atom is -0.381 e. The first-order valence-corrected chi connectivity index (χ1v) is 10.3. The number of rotatable bonds is 4. The normalized spacial score (nSPS) is 15.0. The van der Waals surface area contributed by atoms with Crippen LogP contribution in [0.1, 0.15) is 45.4 Å². The minimum atomic E-state index is -0.167. The number of thiazole rings is 1. The summed E-state index contributed by atoms with van der Waals surface area (Å²) in [6.45, 7) is 7.52. The van der Waals surface area contributed by atoms with Crippen molar-refractivity contribution in [2.24, 2.45) is 0 Å². The molecule has 2 aromatic heterocycles. The van der Waals surface area contributed by atoms with E-state index < -0.39 is 0 Å². The highest BCUT2D eigenvalue weighted by atomic mass is 32.1. The second kappa shape index (κ2) is 7.85. The van der Waals surface area contributed by atoms with Crippen LogP contribution in [0.3, 0.4) is 0 Å². The smallest absolute Gasteiger partial charge is 0.260 e. The van der Waals surface area contributed by atoms with Crippen molar-refractivity contribution in [3.63, 3.8) is 0 Å². The fraction of sp³-hybridized carbons (Fsp3) is 0.381. The highest BCUT2D eigenvalue weighted by Crippen LogP contribution is 2.31. The summed E-state index contributed by atoms with van der Waals surface area (Å²) in [6.07, 6.45) is 3.51. The minimum absolute atomic E-state index is 0.167. The van der Waals surface area contributed by atoms with Crippen LogP contribution < -0.4 is 5.32 Å². The van der Waals surface area contributed by atoms with Crippen LogP contribution in [0.5, 0.6) is 0 Å². The number of hydrogen-bond acceptors (Lipinski definition) is 5. The van der Waals surface area contributed by atoms with Crippen molar-refractivity contribution in [2.75, 3.05) is 18.5 Å². The van der Waals surface area contributed by atoms with Crippen molar-refractivity contribution in [1.29, 1.82) is 0 Å². The zero-order chi connectivity index (χ0) is 19.7. The van der Waals surface area contributed by atoms with Gasteiger partial charge in [0.05, 0.1) is 23.5 Å². The molecule has 7 heteroatoms. The largest absolute Gasteiger partial charge is 0.381 e. The Morgan fingerprint density at radius 1 is 1.18 bits per heavy atom. The van der Waals surface area contributed by atoms with Gasteiger partial charge in [0.2, 0.25) is 0 Å². The second-order valence-electron chi connectivity index (χ2n) is 7.18. The number of carbonyl (C=O) groups is 1. The first-order chi connectivity index (χ1) is 13.5. The fourth-order valence-corrected chi connectivity index (χ4v) is 4.37. The van der Waals surface area contributed by atoms with Gasteiger partial charge in [-0.2, -0.15) is 5.10 Å². The maximum atomic E-state index is 12.8. The molecule has 146 valence electrons. The lowest BCUT2D eigenvalue weighted by molar-refractivity contribution is 0.0656. The van der Waals surface area contributed by atoms with Gasteiger partial charge in [0.15, 0.2) is 5.13 Å². The molecule has 3 heterocycles. The van der Waals surface area contributed by atoms with E-state index in [1.54, 1.807) is 6.20 Å². The predicted molar refractivity (Wildman–Crippen MR) is 111 cm³/mol. The Kier molecular flexibility index (Phi) is 5.28. The van der Waals surface area contributed by atoms with E-state index in [1.165, 1.54) is 16.9 Å². The molecular weight excluding hydrogens is 372 g/mol. The first-order valence-electron chi connectivity index (χ1n) is 9.50. The van der Waals surface area contributed by atoms with Crippen molar-refractivity contribution in [1.82, 2.24) is 14.8 Å². The van der Waals surface area contributed by atoms with E-state index in [4.69, 9.17) is 4.74 Å². The molecule has 0 saturated carbocycles. The van der Waals surface area contributed by atoms with Crippen LogP contribution in [0.25, 0.3) is 11.3 Å². The Bertz CT molecular complexity index is 985. The Labute approximate surface area is 168 Å². The van der Waals surface area contributed by atoms with Gasteiger partial charge in [-0.05, 0) is 33.6 Å². The molecule has 0 spiro atoms. The number of ether oxygens (including phenoxy) is 1. The van der Waals surface area contributed by atoms with E-state index in [9.17, 15) is 4.79 Å². The third kappa shape index (κ3) is 3.72. The number of aromatic nitrogens is 3. The molecule has 0 atom stereocenters. The topological polar surface area (TPSA) is 69.0 Å². The molecule has 4 rings (SSSR count). The number of nitrogens with one attached hydrogen (secondary N) is 1. The molecule has 0 radical (unpaired) electrons.